The highest BCUT2D eigenvalue weighted by molar-refractivity contribution is 5.45. The lowest BCUT2D eigenvalue weighted by molar-refractivity contribution is 0.0660. The Morgan fingerprint density at radius 2 is 1.87 bits per heavy atom. The molecule has 1 atom stereocenters. The number of hydrogen-bond donors (Lipinski definition) is 2. The SMILES string of the molecule is CCCCC(O)(c1ccc(F)cc1)c1ccc(C#N)cc1CO. The van der Waals surface area contributed by atoms with Crippen LogP contribution in [0.25, 0.3) is 0 Å². The van der Waals surface area contributed by atoms with Gasteiger partial charge in [-0.2, -0.15) is 5.26 Å². The molecule has 0 fully saturated rings. The molecule has 0 aliphatic heterocycles. The monoisotopic (exact) mass is 313 g/mol. The second kappa shape index (κ2) is 7.36. The molecular weight excluding hydrogens is 293 g/mol. The Morgan fingerprint density at radius 3 is 2.43 bits per heavy atom. The number of rotatable bonds is 6. The number of aliphatic hydroxyl groups excluding tert-OH is 1. The first-order valence-electron chi connectivity index (χ1n) is 7.68. The molecule has 0 heterocycles. The third-order valence-electron chi connectivity index (χ3n) is 4.06. The topological polar surface area (TPSA) is 64.2 Å². The van der Waals surface area contributed by atoms with Crippen molar-refractivity contribution < 1.29 is 14.6 Å². The van der Waals surface area contributed by atoms with Gasteiger partial charge < -0.3 is 10.2 Å². The van der Waals surface area contributed by atoms with Gasteiger partial charge in [-0.25, -0.2) is 4.39 Å². The molecule has 2 aromatic carbocycles. The van der Waals surface area contributed by atoms with E-state index in [9.17, 15) is 14.6 Å². The number of nitriles is 1. The van der Waals surface area contributed by atoms with Crippen molar-refractivity contribution in [1.82, 2.24) is 0 Å². The molecule has 3 nitrogen and oxygen atoms in total. The van der Waals surface area contributed by atoms with Crippen LogP contribution in [-0.2, 0) is 12.2 Å². The van der Waals surface area contributed by atoms with Gasteiger partial charge in [0, 0.05) is 0 Å². The molecule has 0 amide bonds. The van der Waals surface area contributed by atoms with E-state index in [1.54, 1.807) is 30.3 Å². The summed E-state index contributed by atoms with van der Waals surface area (Å²) in [4.78, 5) is 0. The molecule has 0 aliphatic carbocycles. The fourth-order valence-corrected chi connectivity index (χ4v) is 2.79. The number of aliphatic hydroxyl groups is 2. The van der Waals surface area contributed by atoms with Crippen molar-refractivity contribution in [2.75, 3.05) is 0 Å². The standard InChI is InChI=1S/C19H20FNO2/c1-2-3-10-19(23,16-5-7-17(20)8-6-16)18-9-4-14(12-21)11-15(18)13-22/h4-9,11,22-23H,2-3,10,13H2,1H3. The molecule has 0 saturated heterocycles. The van der Waals surface area contributed by atoms with E-state index in [-0.39, 0.29) is 12.4 Å². The molecule has 0 spiro atoms. The Bertz CT molecular complexity index is 706. The Morgan fingerprint density at radius 1 is 1.17 bits per heavy atom. The van der Waals surface area contributed by atoms with Crippen LogP contribution in [0.5, 0.6) is 0 Å². The molecule has 2 aromatic rings. The third kappa shape index (κ3) is 3.58. The highest BCUT2D eigenvalue weighted by atomic mass is 19.1. The second-order valence-corrected chi connectivity index (χ2v) is 5.61. The molecule has 0 aromatic heterocycles. The van der Waals surface area contributed by atoms with E-state index in [2.05, 4.69) is 0 Å². The van der Waals surface area contributed by atoms with Crippen LogP contribution in [0.1, 0.15) is 48.4 Å². The van der Waals surface area contributed by atoms with E-state index in [4.69, 9.17) is 5.26 Å². The Kier molecular flexibility index (Phi) is 5.49. The first-order valence-corrected chi connectivity index (χ1v) is 7.68. The summed E-state index contributed by atoms with van der Waals surface area (Å²) in [6.07, 6.45) is 2.13. The lowest BCUT2D eigenvalue weighted by Crippen LogP contribution is -2.29. The summed E-state index contributed by atoms with van der Waals surface area (Å²) in [5.74, 6) is -0.367. The minimum Gasteiger partial charge on any atom is -0.392 e. The first-order chi connectivity index (χ1) is 11.0. The predicted octanol–water partition coefficient (Wildman–Crippen LogP) is 3.62. The van der Waals surface area contributed by atoms with Crippen LogP contribution in [0.2, 0.25) is 0 Å². The first kappa shape index (κ1) is 17.1. The number of benzene rings is 2. The van der Waals surface area contributed by atoms with Crippen LogP contribution in [-0.4, -0.2) is 10.2 Å². The van der Waals surface area contributed by atoms with E-state index in [1.165, 1.54) is 12.1 Å². The minimum atomic E-state index is -1.32. The average molecular weight is 313 g/mol. The van der Waals surface area contributed by atoms with Gasteiger partial charge in [-0.05, 0) is 47.4 Å². The maximum absolute atomic E-state index is 13.2. The van der Waals surface area contributed by atoms with E-state index < -0.39 is 5.60 Å². The molecule has 120 valence electrons. The molecule has 4 heteroatoms. The largest absolute Gasteiger partial charge is 0.392 e. The van der Waals surface area contributed by atoms with Crippen LogP contribution >= 0.6 is 0 Å². The van der Waals surface area contributed by atoms with Crippen LogP contribution in [0.3, 0.4) is 0 Å². The number of hydrogen-bond acceptors (Lipinski definition) is 3. The lowest BCUT2D eigenvalue weighted by atomic mass is 9.79. The highest BCUT2D eigenvalue weighted by Crippen LogP contribution is 2.37. The van der Waals surface area contributed by atoms with Crippen molar-refractivity contribution in [3.63, 3.8) is 0 Å². The zero-order valence-electron chi connectivity index (χ0n) is 13.1. The summed E-state index contributed by atoms with van der Waals surface area (Å²) in [5.41, 5.74) is 0.739. The normalized spacial score (nSPS) is 13.3. The lowest BCUT2D eigenvalue weighted by Gasteiger charge is -2.31. The smallest absolute Gasteiger partial charge is 0.123 e. The summed E-state index contributed by atoms with van der Waals surface area (Å²) in [6.45, 7) is 1.75. The van der Waals surface area contributed by atoms with E-state index in [0.717, 1.165) is 12.8 Å². The second-order valence-electron chi connectivity index (χ2n) is 5.61. The van der Waals surface area contributed by atoms with E-state index >= 15 is 0 Å². The molecule has 0 radical (unpaired) electrons. The summed E-state index contributed by atoms with van der Waals surface area (Å²) < 4.78 is 13.2. The minimum absolute atomic E-state index is 0.277. The zero-order valence-corrected chi connectivity index (χ0v) is 13.1. The van der Waals surface area contributed by atoms with Gasteiger partial charge in [0.05, 0.1) is 18.2 Å². The Hall–Kier alpha value is -2.22. The molecular formula is C19H20FNO2. The molecule has 0 aliphatic rings. The number of halogens is 1. The molecule has 23 heavy (non-hydrogen) atoms. The van der Waals surface area contributed by atoms with E-state index in [1.807, 2.05) is 13.0 Å². The van der Waals surface area contributed by atoms with E-state index in [0.29, 0.717) is 28.7 Å². The summed E-state index contributed by atoms with van der Waals surface area (Å²) in [7, 11) is 0. The summed E-state index contributed by atoms with van der Waals surface area (Å²) >= 11 is 0. The van der Waals surface area contributed by atoms with Gasteiger partial charge in [0.15, 0.2) is 0 Å². The van der Waals surface area contributed by atoms with Crippen molar-refractivity contribution >= 4 is 0 Å². The van der Waals surface area contributed by atoms with Crippen molar-refractivity contribution in [2.45, 2.75) is 38.4 Å². The van der Waals surface area contributed by atoms with Gasteiger partial charge in [0.1, 0.15) is 11.4 Å². The number of unbranched alkanes of at least 4 members (excludes halogenated alkanes) is 1. The molecule has 2 N–H and O–H groups in total. The maximum atomic E-state index is 13.2. The fraction of sp³-hybridized carbons (Fsp3) is 0.316. The van der Waals surface area contributed by atoms with Crippen LogP contribution < -0.4 is 0 Å². The molecule has 1 unspecified atom stereocenters. The van der Waals surface area contributed by atoms with Crippen LogP contribution in [0.15, 0.2) is 42.5 Å². The highest BCUT2D eigenvalue weighted by Gasteiger charge is 2.33. The molecule has 0 saturated carbocycles. The van der Waals surface area contributed by atoms with Gasteiger partial charge in [0.25, 0.3) is 0 Å². The van der Waals surface area contributed by atoms with Gasteiger partial charge >= 0.3 is 0 Å². The average Bonchev–Trinajstić information content (AvgIpc) is 2.59. The Balaban J connectivity index is 2.58. The quantitative estimate of drug-likeness (QED) is 0.856. The van der Waals surface area contributed by atoms with Crippen LogP contribution in [0.4, 0.5) is 4.39 Å². The predicted molar refractivity (Wildman–Crippen MR) is 86.0 cm³/mol. The molecule has 0 bridgehead atoms. The van der Waals surface area contributed by atoms with Gasteiger partial charge in [-0.3, -0.25) is 0 Å². The van der Waals surface area contributed by atoms with Crippen molar-refractivity contribution in [2.24, 2.45) is 0 Å². The maximum Gasteiger partial charge on any atom is 0.123 e. The van der Waals surface area contributed by atoms with Crippen LogP contribution in [0, 0.1) is 17.1 Å². The summed E-state index contributed by atoms with van der Waals surface area (Å²) in [6, 6.07) is 12.6. The third-order valence-corrected chi connectivity index (χ3v) is 4.06. The van der Waals surface area contributed by atoms with Gasteiger partial charge in [0.2, 0.25) is 0 Å². The fourth-order valence-electron chi connectivity index (χ4n) is 2.79. The Labute approximate surface area is 135 Å². The van der Waals surface area contributed by atoms with Crippen molar-refractivity contribution in [3.05, 3.63) is 70.5 Å². The van der Waals surface area contributed by atoms with Crippen molar-refractivity contribution in [3.8, 4) is 6.07 Å². The zero-order chi connectivity index (χ0) is 16.9. The number of nitrogens with zero attached hydrogens (tertiary/aromatic N) is 1. The van der Waals surface area contributed by atoms with Gasteiger partial charge in [-0.1, -0.05) is 38.0 Å². The van der Waals surface area contributed by atoms with Crippen molar-refractivity contribution in [1.29, 1.82) is 5.26 Å². The molecule has 2 rings (SSSR count). The summed E-state index contributed by atoms with van der Waals surface area (Å²) in [5, 5.41) is 30.0. The van der Waals surface area contributed by atoms with Gasteiger partial charge in [-0.15, -0.1) is 0 Å².